The topological polar surface area (TPSA) is 9.23 Å². The summed E-state index contributed by atoms with van der Waals surface area (Å²) in [4.78, 5) is 0. The molecule has 0 fully saturated rings. The first-order valence-electron chi connectivity index (χ1n) is 8.36. The van der Waals surface area contributed by atoms with Crippen molar-refractivity contribution in [2.24, 2.45) is 5.92 Å². The second-order valence-electron chi connectivity index (χ2n) is 7.31. The Kier molecular flexibility index (Phi) is 4.56. The van der Waals surface area contributed by atoms with Crippen molar-refractivity contribution >= 4 is 18.7 Å². The van der Waals surface area contributed by atoms with Gasteiger partial charge in [0.25, 0.3) is 8.32 Å². The van der Waals surface area contributed by atoms with Crippen LogP contribution < -0.4 is 10.4 Å². The van der Waals surface area contributed by atoms with E-state index in [2.05, 4.69) is 93.6 Å². The first kappa shape index (κ1) is 16.2. The first-order valence-corrected chi connectivity index (χ1v) is 10.3. The van der Waals surface area contributed by atoms with Gasteiger partial charge in [-0.05, 0) is 27.9 Å². The third kappa shape index (κ3) is 3.06. The molecule has 0 heterocycles. The summed E-state index contributed by atoms with van der Waals surface area (Å²) < 4.78 is 6.84. The summed E-state index contributed by atoms with van der Waals surface area (Å²) in [7, 11) is -2.34. The molecule has 23 heavy (non-hydrogen) atoms. The van der Waals surface area contributed by atoms with E-state index in [0.29, 0.717) is 5.92 Å². The minimum absolute atomic E-state index is 0.0624. The highest BCUT2D eigenvalue weighted by molar-refractivity contribution is 6.99. The molecule has 0 amide bonds. The highest BCUT2D eigenvalue weighted by Gasteiger charge is 2.50. The summed E-state index contributed by atoms with van der Waals surface area (Å²) in [6.07, 6.45) is 6.40. The fourth-order valence-corrected chi connectivity index (χ4v) is 8.00. The van der Waals surface area contributed by atoms with Crippen molar-refractivity contribution < 1.29 is 4.43 Å². The Morgan fingerprint density at radius 1 is 0.957 bits per heavy atom. The van der Waals surface area contributed by atoms with Crippen LogP contribution in [0.5, 0.6) is 0 Å². The summed E-state index contributed by atoms with van der Waals surface area (Å²) in [5.41, 5.74) is 0. The van der Waals surface area contributed by atoms with Gasteiger partial charge in [-0.1, -0.05) is 87.5 Å². The van der Waals surface area contributed by atoms with Gasteiger partial charge in [0, 0.05) is 12.5 Å². The smallest absolute Gasteiger partial charge is 0.261 e. The second-order valence-corrected chi connectivity index (χ2v) is 11.6. The van der Waals surface area contributed by atoms with Crippen LogP contribution in [0.2, 0.25) is 5.04 Å². The molecule has 0 aromatic heterocycles. The summed E-state index contributed by atoms with van der Waals surface area (Å²) >= 11 is 0. The molecule has 2 heteroatoms. The lowest BCUT2D eigenvalue weighted by Crippen LogP contribution is -2.66. The molecule has 0 spiro atoms. The van der Waals surface area contributed by atoms with Gasteiger partial charge in [-0.2, -0.15) is 0 Å². The molecule has 0 bridgehead atoms. The monoisotopic (exact) mass is 321 g/mol. The van der Waals surface area contributed by atoms with Crippen molar-refractivity contribution in [3.05, 3.63) is 72.8 Å². The van der Waals surface area contributed by atoms with Gasteiger partial charge in [0.2, 0.25) is 0 Å². The van der Waals surface area contributed by atoms with Crippen LogP contribution in [0.25, 0.3) is 0 Å². The van der Waals surface area contributed by atoms with Crippen LogP contribution in [-0.4, -0.2) is 14.9 Å². The van der Waals surface area contributed by atoms with E-state index in [4.69, 9.17) is 4.43 Å². The average Bonchev–Trinajstić information content (AvgIpc) is 2.50. The maximum Gasteiger partial charge on any atom is 0.261 e. The Morgan fingerprint density at radius 3 is 1.78 bits per heavy atom. The summed E-state index contributed by atoms with van der Waals surface area (Å²) in [5, 5.41) is 2.77. The van der Waals surface area contributed by atoms with Crippen LogP contribution in [0.3, 0.4) is 0 Å². The van der Waals surface area contributed by atoms with Gasteiger partial charge in [-0.3, -0.25) is 0 Å². The lowest BCUT2D eigenvalue weighted by Gasteiger charge is -2.43. The zero-order valence-corrected chi connectivity index (χ0v) is 15.3. The first-order chi connectivity index (χ1) is 11.0. The van der Waals surface area contributed by atoms with E-state index in [1.807, 2.05) is 0 Å². The number of rotatable bonds is 5. The summed E-state index contributed by atoms with van der Waals surface area (Å²) in [6.45, 7) is 7.76. The van der Waals surface area contributed by atoms with Crippen LogP contribution in [0.1, 0.15) is 27.2 Å². The van der Waals surface area contributed by atoms with Gasteiger partial charge in [-0.15, -0.1) is 0 Å². The molecule has 0 saturated heterocycles. The minimum atomic E-state index is -2.34. The lowest BCUT2D eigenvalue weighted by molar-refractivity contribution is 0.250. The normalized spacial score (nSPS) is 17.8. The predicted octanol–water partition coefficient (Wildman–Crippen LogP) is 3.94. The van der Waals surface area contributed by atoms with Gasteiger partial charge < -0.3 is 4.43 Å². The summed E-state index contributed by atoms with van der Waals surface area (Å²) in [6, 6.07) is 21.7. The Morgan fingerprint density at radius 2 is 1.43 bits per heavy atom. The fourth-order valence-electron chi connectivity index (χ4n) is 3.39. The molecule has 1 nitrogen and oxygen atoms in total. The minimum Gasteiger partial charge on any atom is -0.407 e. The van der Waals surface area contributed by atoms with Gasteiger partial charge in [0.1, 0.15) is 0 Å². The molecule has 1 atom stereocenters. The Bertz CT molecular complexity index is 616. The largest absolute Gasteiger partial charge is 0.407 e. The molecule has 0 aliphatic heterocycles. The SMILES string of the molecule is CC(C)(C)[Si](OCC1C=[C]C1)(c1ccccc1)c1ccccc1. The van der Waals surface area contributed by atoms with Gasteiger partial charge in [-0.25, -0.2) is 0 Å². The summed E-state index contributed by atoms with van der Waals surface area (Å²) in [5.74, 6) is 0.525. The molecule has 119 valence electrons. The van der Waals surface area contributed by atoms with Crippen molar-refractivity contribution in [3.63, 3.8) is 0 Å². The molecule has 0 N–H and O–H groups in total. The molecule has 1 aliphatic rings. The molecule has 0 saturated carbocycles. The fraction of sp³-hybridized carbons (Fsp3) is 0.333. The van der Waals surface area contributed by atoms with E-state index in [1.165, 1.54) is 10.4 Å². The average molecular weight is 322 g/mol. The molecule has 2 aromatic rings. The van der Waals surface area contributed by atoms with E-state index >= 15 is 0 Å². The number of allylic oxidation sites excluding steroid dienone is 1. The maximum atomic E-state index is 6.84. The second kappa shape index (κ2) is 6.46. The van der Waals surface area contributed by atoms with Crippen molar-refractivity contribution in [2.75, 3.05) is 6.61 Å². The molecular formula is C21H25OSi. The van der Waals surface area contributed by atoms with Crippen LogP contribution in [0.4, 0.5) is 0 Å². The standard InChI is InChI=1S/C21H25OSi/c1-21(2,3)23(19-13-6-4-7-14-19,20-15-8-5-9-16-20)22-17-18-11-10-12-18/h4-9,11,13-16,18H,12,17H2,1-3H3. The van der Waals surface area contributed by atoms with Gasteiger partial charge in [0.05, 0.1) is 0 Å². The number of hydrogen-bond acceptors (Lipinski definition) is 1. The van der Waals surface area contributed by atoms with E-state index in [9.17, 15) is 0 Å². The van der Waals surface area contributed by atoms with Gasteiger partial charge >= 0.3 is 0 Å². The van der Waals surface area contributed by atoms with Crippen LogP contribution in [0.15, 0.2) is 66.7 Å². The van der Waals surface area contributed by atoms with E-state index < -0.39 is 8.32 Å². The molecule has 3 rings (SSSR count). The Balaban J connectivity index is 2.10. The quantitative estimate of drug-likeness (QED) is 0.758. The van der Waals surface area contributed by atoms with Crippen LogP contribution in [0, 0.1) is 12.0 Å². The van der Waals surface area contributed by atoms with Crippen LogP contribution in [-0.2, 0) is 4.43 Å². The molecule has 2 aromatic carbocycles. The third-order valence-electron chi connectivity index (χ3n) is 4.66. The van der Waals surface area contributed by atoms with E-state index in [0.717, 1.165) is 13.0 Å². The zero-order valence-electron chi connectivity index (χ0n) is 14.3. The molecule has 1 radical (unpaired) electrons. The predicted molar refractivity (Wildman–Crippen MR) is 99.5 cm³/mol. The zero-order chi connectivity index (χ0) is 16.3. The lowest BCUT2D eigenvalue weighted by atomic mass is 9.97. The van der Waals surface area contributed by atoms with Crippen molar-refractivity contribution in [1.82, 2.24) is 0 Å². The number of benzene rings is 2. The Labute approximate surface area is 141 Å². The van der Waals surface area contributed by atoms with Gasteiger partial charge in [0.15, 0.2) is 0 Å². The Hall–Kier alpha value is -1.64. The van der Waals surface area contributed by atoms with E-state index in [1.54, 1.807) is 0 Å². The highest BCUT2D eigenvalue weighted by Crippen LogP contribution is 2.37. The van der Waals surface area contributed by atoms with Crippen molar-refractivity contribution in [1.29, 1.82) is 0 Å². The highest BCUT2D eigenvalue weighted by atomic mass is 28.4. The van der Waals surface area contributed by atoms with E-state index in [-0.39, 0.29) is 5.04 Å². The molecule has 1 aliphatic carbocycles. The third-order valence-corrected chi connectivity index (χ3v) is 9.67. The van der Waals surface area contributed by atoms with Crippen molar-refractivity contribution in [3.8, 4) is 0 Å². The molecule has 1 unspecified atom stereocenters. The maximum absolute atomic E-state index is 6.84. The molecular weight excluding hydrogens is 296 g/mol. The van der Waals surface area contributed by atoms with Crippen LogP contribution >= 0.6 is 0 Å². The van der Waals surface area contributed by atoms with Crippen molar-refractivity contribution in [2.45, 2.75) is 32.2 Å². The number of hydrogen-bond donors (Lipinski definition) is 0.